The van der Waals surface area contributed by atoms with E-state index in [1.54, 1.807) is 0 Å². The van der Waals surface area contributed by atoms with Gasteiger partial charge in [-0.3, -0.25) is 11.3 Å². The Balaban J connectivity index is 2.51. The SMILES string of the molecule is CC(C)CC(NN)C1CC(C)CC(C)C1. The van der Waals surface area contributed by atoms with Gasteiger partial charge in [-0.25, -0.2) is 0 Å². The normalized spacial score (nSPS) is 34.4. The first-order valence-corrected chi connectivity index (χ1v) is 6.49. The molecule has 1 rings (SSSR count). The third-order valence-electron chi connectivity index (χ3n) is 3.72. The highest BCUT2D eigenvalue weighted by molar-refractivity contribution is 4.83. The van der Waals surface area contributed by atoms with E-state index >= 15 is 0 Å². The van der Waals surface area contributed by atoms with E-state index in [4.69, 9.17) is 5.84 Å². The Labute approximate surface area is 95.0 Å². The Morgan fingerprint density at radius 3 is 2.07 bits per heavy atom. The van der Waals surface area contributed by atoms with Crippen LogP contribution >= 0.6 is 0 Å². The summed E-state index contributed by atoms with van der Waals surface area (Å²) in [4.78, 5) is 0. The summed E-state index contributed by atoms with van der Waals surface area (Å²) in [5.41, 5.74) is 3.04. The average molecular weight is 212 g/mol. The van der Waals surface area contributed by atoms with Crippen molar-refractivity contribution in [3.63, 3.8) is 0 Å². The summed E-state index contributed by atoms with van der Waals surface area (Å²) in [6, 6.07) is 0.523. The van der Waals surface area contributed by atoms with Gasteiger partial charge in [0, 0.05) is 6.04 Å². The van der Waals surface area contributed by atoms with Crippen molar-refractivity contribution in [2.75, 3.05) is 0 Å². The molecule has 90 valence electrons. The van der Waals surface area contributed by atoms with E-state index in [0.717, 1.165) is 23.7 Å². The van der Waals surface area contributed by atoms with Gasteiger partial charge < -0.3 is 0 Å². The predicted octanol–water partition coefficient (Wildman–Crippen LogP) is 2.94. The minimum Gasteiger partial charge on any atom is -0.271 e. The van der Waals surface area contributed by atoms with E-state index < -0.39 is 0 Å². The summed E-state index contributed by atoms with van der Waals surface area (Å²) in [5, 5.41) is 0. The lowest BCUT2D eigenvalue weighted by molar-refractivity contribution is 0.164. The second kappa shape index (κ2) is 5.86. The van der Waals surface area contributed by atoms with Crippen molar-refractivity contribution in [2.45, 2.75) is 59.4 Å². The molecular formula is C13H28N2. The highest BCUT2D eigenvalue weighted by atomic mass is 15.2. The minimum atomic E-state index is 0.523. The van der Waals surface area contributed by atoms with Crippen molar-refractivity contribution >= 4 is 0 Å². The first-order valence-electron chi connectivity index (χ1n) is 6.49. The zero-order valence-corrected chi connectivity index (χ0v) is 10.8. The van der Waals surface area contributed by atoms with E-state index in [2.05, 4.69) is 33.1 Å². The molecule has 2 nitrogen and oxygen atoms in total. The molecule has 1 aliphatic carbocycles. The van der Waals surface area contributed by atoms with Gasteiger partial charge in [0.1, 0.15) is 0 Å². The average Bonchev–Trinajstić information content (AvgIpc) is 2.12. The maximum atomic E-state index is 5.69. The summed E-state index contributed by atoms with van der Waals surface area (Å²) >= 11 is 0. The fourth-order valence-corrected chi connectivity index (χ4v) is 3.24. The van der Waals surface area contributed by atoms with Crippen LogP contribution < -0.4 is 11.3 Å². The number of hydrogen-bond donors (Lipinski definition) is 2. The lowest BCUT2D eigenvalue weighted by Crippen LogP contribution is -2.44. The molecule has 0 aromatic carbocycles. The zero-order chi connectivity index (χ0) is 11.4. The first-order chi connectivity index (χ1) is 7.02. The third-order valence-corrected chi connectivity index (χ3v) is 3.72. The Morgan fingerprint density at radius 2 is 1.67 bits per heavy atom. The van der Waals surface area contributed by atoms with Crippen molar-refractivity contribution in [1.29, 1.82) is 0 Å². The van der Waals surface area contributed by atoms with E-state index in [1.165, 1.54) is 25.7 Å². The largest absolute Gasteiger partial charge is 0.271 e. The highest BCUT2D eigenvalue weighted by Gasteiger charge is 2.29. The number of hydrazine groups is 1. The van der Waals surface area contributed by atoms with Gasteiger partial charge in [-0.2, -0.15) is 0 Å². The van der Waals surface area contributed by atoms with Gasteiger partial charge in [-0.1, -0.05) is 27.7 Å². The van der Waals surface area contributed by atoms with Crippen LogP contribution in [0.3, 0.4) is 0 Å². The summed E-state index contributed by atoms with van der Waals surface area (Å²) in [6.07, 6.45) is 5.31. The summed E-state index contributed by atoms with van der Waals surface area (Å²) in [6.45, 7) is 9.32. The van der Waals surface area contributed by atoms with Gasteiger partial charge in [0.15, 0.2) is 0 Å². The van der Waals surface area contributed by atoms with E-state index in [9.17, 15) is 0 Å². The molecule has 2 heteroatoms. The monoisotopic (exact) mass is 212 g/mol. The van der Waals surface area contributed by atoms with E-state index in [-0.39, 0.29) is 0 Å². The number of hydrogen-bond acceptors (Lipinski definition) is 2. The van der Waals surface area contributed by atoms with Gasteiger partial charge in [-0.05, 0) is 49.4 Å². The lowest BCUT2D eigenvalue weighted by Gasteiger charge is -2.36. The van der Waals surface area contributed by atoms with Gasteiger partial charge in [-0.15, -0.1) is 0 Å². The smallest absolute Gasteiger partial charge is 0.0241 e. The van der Waals surface area contributed by atoms with Crippen LogP contribution in [0.25, 0.3) is 0 Å². The summed E-state index contributed by atoms with van der Waals surface area (Å²) in [7, 11) is 0. The van der Waals surface area contributed by atoms with Crippen LogP contribution in [0.2, 0.25) is 0 Å². The topological polar surface area (TPSA) is 38.0 Å². The second-order valence-corrected chi connectivity index (χ2v) is 6.08. The van der Waals surface area contributed by atoms with Gasteiger partial charge in [0.2, 0.25) is 0 Å². The number of nitrogens with one attached hydrogen (secondary N) is 1. The van der Waals surface area contributed by atoms with Crippen molar-refractivity contribution in [2.24, 2.45) is 29.5 Å². The van der Waals surface area contributed by atoms with Crippen LogP contribution in [0.5, 0.6) is 0 Å². The molecule has 0 bridgehead atoms. The van der Waals surface area contributed by atoms with Gasteiger partial charge in [0.05, 0.1) is 0 Å². The molecule has 0 aromatic heterocycles. The van der Waals surface area contributed by atoms with E-state index in [1.807, 2.05) is 0 Å². The molecule has 0 spiro atoms. The molecule has 0 saturated heterocycles. The molecule has 3 unspecified atom stereocenters. The summed E-state index contributed by atoms with van der Waals surface area (Å²) in [5.74, 6) is 8.97. The lowest BCUT2D eigenvalue weighted by atomic mass is 9.72. The van der Waals surface area contributed by atoms with Crippen molar-refractivity contribution in [3.05, 3.63) is 0 Å². The molecule has 0 heterocycles. The Bertz CT molecular complexity index is 169. The maximum absolute atomic E-state index is 5.69. The van der Waals surface area contributed by atoms with Crippen LogP contribution in [0.4, 0.5) is 0 Å². The highest BCUT2D eigenvalue weighted by Crippen LogP contribution is 2.35. The van der Waals surface area contributed by atoms with E-state index in [0.29, 0.717) is 6.04 Å². The van der Waals surface area contributed by atoms with Crippen LogP contribution in [0, 0.1) is 23.7 Å². The van der Waals surface area contributed by atoms with Crippen molar-refractivity contribution in [3.8, 4) is 0 Å². The first kappa shape index (κ1) is 13.0. The third kappa shape index (κ3) is 4.12. The fraction of sp³-hybridized carbons (Fsp3) is 1.00. The molecule has 0 aliphatic heterocycles. The van der Waals surface area contributed by atoms with Crippen LogP contribution in [0.15, 0.2) is 0 Å². The van der Waals surface area contributed by atoms with Crippen LogP contribution in [-0.2, 0) is 0 Å². The molecular weight excluding hydrogens is 184 g/mol. The molecule has 1 fully saturated rings. The van der Waals surface area contributed by atoms with Crippen LogP contribution in [-0.4, -0.2) is 6.04 Å². The zero-order valence-electron chi connectivity index (χ0n) is 10.8. The quantitative estimate of drug-likeness (QED) is 0.555. The second-order valence-electron chi connectivity index (χ2n) is 6.08. The molecule has 0 amide bonds. The molecule has 15 heavy (non-hydrogen) atoms. The van der Waals surface area contributed by atoms with Gasteiger partial charge in [0.25, 0.3) is 0 Å². The molecule has 1 aliphatic rings. The predicted molar refractivity (Wildman–Crippen MR) is 66.2 cm³/mol. The fourth-order valence-electron chi connectivity index (χ4n) is 3.24. The Kier molecular flexibility index (Phi) is 5.07. The standard InChI is InChI=1S/C13H28N2/c1-9(2)5-13(15-14)12-7-10(3)6-11(4)8-12/h9-13,15H,5-8,14H2,1-4H3. The Hall–Kier alpha value is -0.0800. The molecule has 3 atom stereocenters. The molecule has 0 radical (unpaired) electrons. The number of rotatable bonds is 4. The van der Waals surface area contributed by atoms with Crippen molar-refractivity contribution in [1.82, 2.24) is 5.43 Å². The Morgan fingerprint density at radius 1 is 1.13 bits per heavy atom. The van der Waals surface area contributed by atoms with Gasteiger partial charge >= 0.3 is 0 Å². The molecule has 3 N–H and O–H groups in total. The minimum absolute atomic E-state index is 0.523. The van der Waals surface area contributed by atoms with Crippen LogP contribution in [0.1, 0.15) is 53.4 Å². The number of nitrogens with two attached hydrogens (primary N) is 1. The molecule has 1 saturated carbocycles. The molecule has 0 aromatic rings. The maximum Gasteiger partial charge on any atom is 0.0241 e. The summed E-state index contributed by atoms with van der Waals surface area (Å²) < 4.78 is 0. The van der Waals surface area contributed by atoms with Crippen molar-refractivity contribution < 1.29 is 0 Å².